The second kappa shape index (κ2) is 18.1. The van der Waals surface area contributed by atoms with E-state index >= 15 is 0 Å². The van der Waals surface area contributed by atoms with Crippen LogP contribution in [0.4, 0.5) is 17.1 Å². The molecule has 1 nitrogen and oxygen atoms in total. The van der Waals surface area contributed by atoms with E-state index in [2.05, 4.69) is 260 Å². The summed E-state index contributed by atoms with van der Waals surface area (Å²) in [6.45, 7) is 0. The molecule has 0 atom stereocenters. The number of hydrogen-bond donors (Lipinski definition) is 0. The molecule has 1 fully saturated rings. The summed E-state index contributed by atoms with van der Waals surface area (Å²) in [6.07, 6.45) is 6.40. The first-order chi connectivity index (χ1) is 36.3. The lowest BCUT2D eigenvalue weighted by atomic mass is 9.67. The van der Waals surface area contributed by atoms with Crippen LogP contribution in [0, 0.1) is 0 Å². The third kappa shape index (κ3) is 7.03. The number of hydrogen-bond acceptors (Lipinski definition) is 2. The first-order valence-corrected chi connectivity index (χ1v) is 26.9. The van der Waals surface area contributed by atoms with Gasteiger partial charge in [0.1, 0.15) is 0 Å². The summed E-state index contributed by atoms with van der Waals surface area (Å²) in [5, 5.41) is 5.32. The minimum absolute atomic E-state index is 0.517. The Morgan fingerprint density at radius 2 is 0.932 bits per heavy atom. The van der Waals surface area contributed by atoms with Gasteiger partial charge in [-0.2, -0.15) is 0 Å². The summed E-state index contributed by atoms with van der Waals surface area (Å²) < 4.78 is 2.62. The Morgan fingerprint density at radius 1 is 0.384 bits per heavy atom. The summed E-state index contributed by atoms with van der Waals surface area (Å²) in [5.41, 5.74) is 19.4. The van der Waals surface area contributed by atoms with Crippen molar-refractivity contribution in [1.29, 1.82) is 0 Å². The number of benzene rings is 11. The van der Waals surface area contributed by atoms with E-state index in [1.54, 1.807) is 0 Å². The highest BCUT2D eigenvalue weighted by molar-refractivity contribution is 7.25. The summed E-state index contributed by atoms with van der Waals surface area (Å²) in [4.78, 5) is 2.57. The minimum atomic E-state index is -0.517. The molecule has 0 saturated heterocycles. The van der Waals surface area contributed by atoms with Crippen molar-refractivity contribution in [2.45, 2.75) is 43.4 Å². The van der Waals surface area contributed by atoms with Gasteiger partial charge in [0.2, 0.25) is 0 Å². The summed E-state index contributed by atoms with van der Waals surface area (Å²) in [5.74, 6) is 0.553. The van der Waals surface area contributed by atoms with Crippen LogP contribution in [0.25, 0.3) is 75.5 Å². The minimum Gasteiger partial charge on any atom is -0.309 e. The molecule has 2 heteroatoms. The van der Waals surface area contributed by atoms with Gasteiger partial charge in [-0.25, -0.2) is 0 Å². The molecule has 0 spiro atoms. The molecule has 11 aromatic carbocycles. The van der Waals surface area contributed by atoms with E-state index in [-0.39, 0.29) is 0 Å². The number of fused-ring (bicyclic) bond motifs is 7. The Hall–Kier alpha value is -8.30. The maximum Gasteiger partial charge on any atom is 0.0713 e. The van der Waals surface area contributed by atoms with Crippen molar-refractivity contribution < 1.29 is 0 Å². The molecule has 1 aromatic heterocycles. The largest absolute Gasteiger partial charge is 0.309 e. The molecular formula is C71H53NS. The van der Waals surface area contributed by atoms with Gasteiger partial charge in [-0.05, 0) is 127 Å². The van der Waals surface area contributed by atoms with Gasteiger partial charge in [0, 0.05) is 37.0 Å². The highest BCUT2D eigenvalue weighted by Crippen LogP contribution is 2.59. The molecule has 0 unspecified atom stereocenters. The molecule has 0 radical (unpaired) electrons. The normalized spacial score (nSPS) is 14.1. The van der Waals surface area contributed by atoms with E-state index in [9.17, 15) is 0 Å². The van der Waals surface area contributed by atoms with Gasteiger partial charge in [0.25, 0.3) is 0 Å². The van der Waals surface area contributed by atoms with Crippen LogP contribution in [0.1, 0.15) is 65.8 Å². The molecule has 0 aliphatic heterocycles. The second-order valence-electron chi connectivity index (χ2n) is 20.0. The second-order valence-corrected chi connectivity index (χ2v) is 21.1. The SMILES string of the molecule is c1ccc(C2(c3ccccc3)c3ccccc3-c3c(-c4ccccc4N(c4cccc(-c5cccc6sc7ccccc7c56)c4)c4ccccc4-c4cccc5cccc(C6CCCCC6)c45)cccc32)cc1. The standard InChI is InChI=1S/C71H53NS/c1-4-23-48(24-5-1)54-37-19-25-49-26-20-39-58(68(49)54)56-33-11-15-43-64(56)72(53-32-18-27-50(47-53)55-38-22-46-67-70(55)61-36-13-17-45-66(61)73-67)65-44-16-12-34-57(65)59-40-21-42-63-69(59)60-35-10-14-41-62(60)71(63,51-28-6-2-7-29-51)52-30-8-3-9-31-52/h2-3,6-22,25-48H,1,4-5,23-24H2. The molecule has 2 aliphatic carbocycles. The fourth-order valence-electron chi connectivity index (χ4n) is 13.1. The monoisotopic (exact) mass is 951 g/mol. The Kier molecular flexibility index (Phi) is 10.8. The topological polar surface area (TPSA) is 3.24 Å². The third-order valence-corrected chi connectivity index (χ3v) is 17.3. The molecule has 1 saturated carbocycles. The highest BCUT2D eigenvalue weighted by Gasteiger charge is 2.47. The van der Waals surface area contributed by atoms with E-state index in [0.29, 0.717) is 5.92 Å². The molecule has 1 heterocycles. The van der Waals surface area contributed by atoms with Gasteiger partial charge in [-0.1, -0.05) is 238 Å². The van der Waals surface area contributed by atoms with Crippen molar-refractivity contribution in [3.8, 4) is 44.5 Å². The van der Waals surface area contributed by atoms with Crippen molar-refractivity contribution in [2.75, 3.05) is 4.90 Å². The Balaban J connectivity index is 1.04. The summed E-state index contributed by atoms with van der Waals surface area (Å²) >= 11 is 1.88. The number of thiophene rings is 1. The zero-order chi connectivity index (χ0) is 48.3. The lowest BCUT2D eigenvalue weighted by Gasteiger charge is -2.34. The highest BCUT2D eigenvalue weighted by atomic mass is 32.1. The van der Waals surface area contributed by atoms with Gasteiger partial charge in [-0.3, -0.25) is 0 Å². The van der Waals surface area contributed by atoms with Crippen molar-refractivity contribution in [3.05, 3.63) is 283 Å². The lowest BCUT2D eigenvalue weighted by Crippen LogP contribution is -2.28. The van der Waals surface area contributed by atoms with Gasteiger partial charge >= 0.3 is 0 Å². The molecule has 348 valence electrons. The molecule has 0 bridgehead atoms. The van der Waals surface area contributed by atoms with Crippen LogP contribution in [0.5, 0.6) is 0 Å². The van der Waals surface area contributed by atoms with Crippen LogP contribution in [0.3, 0.4) is 0 Å². The smallest absolute Gasteiger partial charge is 0.0713 e. The van der Waals surface area contributed by atoms with Gasteiger partial charge in [-0.15, -0.1) is 11.3 Å². The van der Waals surface area contributed by atoms with Gasteiger partial charge in [0.05, 0.1) is 16.8 Å². The molecule has 12 aromatic rings. The first kappa shape index (κ1) is 43.5. The van der Waals surface area contributed by atoms with Crippen molar-refractivity contribution >= 4 is 59.3 Å². The average Bonchev–Trinajstić information content (AvgIpc) is 4.01. The van der Waals surface area contributed by atoms with Gasteiger partial charge < -0.3 is 4.90 Å². The Labute approximate surface area is 432 Å². The van der Waals surface area contributed by atoms with Crippen LogP contribution in [0.2, 0.25) is 0 Å². The molecule has 2 aliphatic rings. The number of para-hydroxylation sites is 2. The van der Waals surface area contributed by atoms with E-state index in [4.69, 9.17) is 0 Å². The predicted molar refractivity (Wildman–Crippen MR) is 311 cm³/mol. The third-order valence-electron chi connectivity index (χ3n) is 16.2. The zero-order valence-electron chi connectivity index (χ0n) is 40.7. The number of nitrogens with zero attached hydrogens (tertiary/aromatic N) is 1. The predicted octanol–water partition coefficient (Wildman–Crippen LogP) is 20.1. The van der Waals surface area contributed by atoms with Crippen LogP contribution in [0.15, 0.2) is 255 Å². The first-order valence-electron chi connectivity index (χ1n) is 26.1. The quantitative estimate of drug-likeness (QED) is 0.139. The molecule has 14 rings (SSSR count). The Bertz CT molecular complexity index is 3980. The van der Waals surface area contributed by atoms with E-state index in [1.165, 1.54) is 135 Å². The maximum atomic E-state index is 2.57. The molecular weight excluding hydrogens is 899 g/mol. The van der Waals surface area contributed by atoms with Gasteiger partial charge in [0.15, 0.2) is 0 Å². The Morgan fingerprint density at radius 3 is 1.70 bits per heavy atom. The fourth-order valence-corrected chi connectivity index (χ4v) is 14.2. The average molecular weight is 952 g/mol. The number of anilines is 3. The summed E-state index contributed by atoms with van der Waals surface area (Å²) in [7, 11) is 0. The fraction of sp³-hybridized carbons (Fsp3) is 0.0986. The molecule has 0 N–H and O–H groups in total. The van der Waals surface area contributed by atoms with Crippen molar-refractivity contribution in [1.82, 2.24) is 0 Å². The molecule has 0 amide bonds. The van der Waals surface area contributed by atoms with Crippen LogP contribution >= 0.6 is 11.3 Å². The summed E-state index contributed by atoms with van der Waals surface area (Å²) in [6, 6.07) is 95.8. The van der Waals surface area contributed by atoms with Crippen molar-refractivity contribution in [3.63, 3.8) is 0 Å². The van der Waals surface area contributed by atoms with Crippen LogP contribution in [-0.2, 0) is 5.41 Å². The van der Waals surface area contributed by atoms with E-state index < -0.39 is 5.41 Å². The van der Waals surface area contributed by atoms with E-state index in [1.807, 2.05) is 11.3 Å². The zero-order valence-corrected chi connectivity index (χ0v) is 41.5. The maximum absolute atomic E-state index is 2.57. The van der Waals surface area contributed by atoms with Crippen LogP contribution < -0.4 is 4.90 Å². The molecule has 73 heavy (non-hydrogen) atoms. The van der Waals surface area contributed by atoms with Crippen molar-refractivity contribution in [2.24, 2.45) is 0 Å². The van der Waals surface area contributed by atoms with E-state index in [0.717, 1.165) is 17.1 Å². The van der Waals surface area contributed by atoms with Crippen LogP contribution in [-0.4, -0.2) is 0 Å². The lowest BCUT2D eigenvalue weighted by molar-refractivity contribution is 0.445. The number of rotatable bonds is 9.